The van der Waals surface area contributed by atoms with Crippen molar-refractivity contribution in [3.8, 4) is 11.8 Å². The van der Waals surface area contributed by atoms with E-state index in [1.54, 1.807) is 19.3 Å². The van der Waals surface area contributed by atoms with Crippen LogP contribution in [0.15, 0.2) is 110 Å². The van der Waals surface area contributed by atoms with Gasteiger partial charge in [-0.15, -0.1) is 0 Å². The van der Waals surface area contributed by atoms with Gasteiger partial charge in [0, 0.05) is 0 Å². The van der Waals surface area contributed by atoms with E-state index in [9.17, 15) is 5.26 Å². The van der Waals surface area contributed by atoms with Crippen molar-refractivity contribution in [3.63, 3.8) is 0 Å². The summed E-state index contributed by atoms with van der Waals surface area (Å²) in [6, 6.07) is 37.1. The van der Waals surface area contributed by atoms with Gasteiger partial charge in [0.25, 0.3) is 0 Å². The first-order valence-electron chi connectivity index (χ1n) is 11.0. The lowest BCUT2D eigenvalue weighted by Gasteiger charge is -2.37. The second-order valence-corrected chi connectivity index (χ2v) is 7.96. The molecule has 0 saturated heterocycles. The van der Waals surface area contributed by atoms with Crippen LogP contribution in [0.25, 0.3) is 17.0 Å². The quantitative estimate of drug-likeness (QED) is 0.287. The summed E-state index contributed by atoms with van der Waals surface area (Å²) < 4.78 is 7.76. The number of methoxy groups -OCH3 is 1. The molecule has 0 saturated carbocycles. The zero-order valence-electron chi connectivity index (χ0n) is 18.8. The lowest BCUT2D eigenvalue weighted by molar-refractivity contribution is 0.418. The molecule has 1 heterocycles. The van der Waals surface area contributed by atoms with Gasteiger partial charge in [-0.2, -0.15) is 10.4 Å². The molecule has 4 aromatic carbocycles. The van der Waals surface area contributed by atoms with Crippen LogP contribution in [0.1, 0.15) is 27.9 Å². The molecule has 0 amide bonds. The van der Waals surface area contributed by atoms with Crippen LogP contribution >= 0.6 is 0 Å². The minimum absolute atomic E-state index is 0.461. The summed E-state index contributed by atoms with van der Waals surface area (Å²) in [6.07, 6.45) is 1.72. The van der Waals surface area contributed by atoms with E-state index in [-0.39, 0.29) is 0 Å². The Labute approximate surface area is 199 Å². The number of nitrogens with zero attached hydrogens (tertiary/aromatic N) is 3. The predicted octanol–water partition coefficient (Wildman–Crippen LogP) is 6.40. The van der Waals surface area contributed by atoms with Crippen LogP contribution in [-0.4, -0.2) is 16.9 Å². The fourth-order valence-corrected chi connectivity index (χ4v) is 4.81. The van der Waals surface area contributed by atoms with Gasteiger partial charge in [-0.3, -0.25) is 0 Å². The van der Waals surface area contributed by atoms with E-state index in [0.29, 0.717) is 17.0 Å². The average molecular weight is 442 g/mol. The number of hydrogen-bond donors (Lipinski definition) is 0. The molecule has 0 N–H and O–H groups in total. The van der Waals surface area contributed by atoms with Crippen LogP contribution in [0.3, 0.4) is 0 Å². The van der Waals surface area contributed by atoms with Gasteiger partial charge in [-0.05, 0) is 34.9 Å². The standard InChI is InChI=1S/C30H23N3O/c1-3-26-28-27(20-19-22(21-31)29(28)34-2)33(32-26)30(23-13-7-4-8-14-23,24-15-9-5-10-16-24)25-17-11-6-12-18-25/h3-20H,1H2,2H3. The Bertz CT molecular complexity index is 1400. The van der Waals surface area contributed by atoms with Crippen LogP contribution in [0.4, 0.5) is 0 Å². The van der Waals surface area contributed by atoms with E-state index in [1.165, 1.54) is 0 Å². The molecule has 0 aliphatic heterocycles. The Balaban J connectivity index is 2.02. The van der Waals surface area contributed by atoms with Crippen molar-refractivity contribution in [3.05, 3.63) is 138 Å². The number of hydrogen-bond acceptors (Lipinski definition) is 3. The molecular weight excluding hydrogens is 418 g/mol. The number of fused-ring (bicyclic) bond motifs is 1. The Kier molecular flexibility index (Phi) is 5.45. The first-order valence-corrected chi connectivity index (χ1v) is 11.0. The molecule has 0 unspecified atom stereocenters. The summed E-state index contributed by atoms with van der Waals surface area (Å²) in [5, 5.41) is 15.6. The predicted molar refractivity (Wildman–Crippen MR) is 136 cm³/mol. The number of nitriles is 1. The van der Waals surface area contributed by atoms with Crippen molar-refractivity contribution < 1.29 is 4.74 Å². The van der Waals surface area contributed by atoms with Crippen molar-refractivity contribution in [2.75, 3.05) is 7.11 Å². The third kappa shape index (κ3) is 3.10. The van der Waals surface area contributed by atoms with Gasteiger partial charge >= 0.3 is 0 Å². The van der Waals surface area contributed by atoms with Gasteiger partial charge in [-0.1, -0.05) is 97.6 Å². The van der Waals surface area contributed by atoms with Crippen LogP contribution in [0.5, 0.6) is 5.75 Å². The van der Waals surface area contributed by atoms with Gasteiger partial charge in [0.2, 0.25) is 0 Å². The Morgan fingerprint density at radius 3 is 1.74 bits per heavy atom. The van der Waals surface area contributed by atoms with E-state index in [1.807, 2.05) is 65.3 Å². The van der Waals surface area contributed by atoms with E-state index in [4.69, 9.17) is 9.84 Å². The third-order valence-corrected chi connectivity index (χ3v) is 6.24. The summed E-state index contributed by atoms with van der Waals surface area (Å²) in [4.78, 5) is 0. The summed E-state index contributed by atoms with van der Waals surface area (Å²) in [7, 11) is 1.58. The van der Waals surface area contributed by atoms with E-state index < -0.39 is 5.54 Å². The zero-order chi connectivity index (χ0) is 23.5. The second-order valence-electron chi connectivity index (χ2n) is 7.96. The van der Waals surface area contributed by atoms with Crippen LogP contribution in [-0.2, 0) is 5.54 Å². The van der Waals surface area contributed by atoms with E-state index >= 15 is 0 Å². The highest BCUT2D eigenvalue weighted by Crippen LogP contribution is 2.44. The summed E-state index contributed by atoms with van der Waals surface area (Å²) in [6.45, 7) is 4.01. The fourth-order valence-electron chi connectivity index (χ4n) is 4.81. The molecule has 0 spiro atoms. The van der Waals surface area contributed by atoms with Crippen LogP contribution in [0.2, 0.25) is 0 Å². The van der Waals surface area contributed by atoms with Crippen LogP contribution < -0.4 is 4.74 Å². The first kappa shape index (κ1) is 21.2. The van der Waals surface area contributed by atoms with Gasteiger partial charge in [0.15, 0.2) is 0 Å². The molecule has 0 atom stereocenters. The summed E-state index contributed by atoms with van der Waals surface area (Å²) in [5.74, 6) is 0.504. The smallest absolute Gasteiger partial charge is 0.148 e. The Morgan fingerprint density at radius 1 is 0.824 bits per heavy atom. The van der Waals surface area contributed by atoms with Crippen molar-refractivity contribution in [1.82, 2.24) is 9.78 Å². The summed E-state index contributed by atoms with van der Waals surface area (Å²) in [5.41, 5.74) is 4.39. The highest BCUT2D eigenvalue weighted by atomic mass is 16.5. The van der Waals surface area contributed by atoms with Gasteiger partial charge in [0.05, 0.1) is 29.3 Å². The van der Waals surface area contributed by atoms with Crippen LogP contribution in [0, 0.1) is 11.3 Å². The molecule has 4 heteroatoms. The largest absolute Gasteiger partial charge is 0.495 e. The maximum Gasteiger partial charge on any atom is 0.148 e. The first-order chi connectivity index (χ1) is 16.7. The maximum atomic E-state index is 9.69. The normalized spacial score (nSPS) is 11.2. The monoisotopic (exact) mass is 441 g/mol. The van der Waals surface area contributed by atoms with Crippen molar-refractivity contribution in [2.45, 2.75) is 5.54 Å². The molecule has 0 aliphatic rings. The molecular formula is C30H23N3O. The lowest BCUT2D eigenvalue weighted by Crippen LogP contribution is -2.38. The molecule has 0 radical (unpaired) electrons. The maximum absolute atomic E-state index is 9.69. The highest BCUT2D eigenvalue weighted by Gasteiger charge is 2.41. The summed E-state index contributed by atoms with van der Waals surface area (Å²) >= 11 is 0. The molecule has 5 rings (SSSR count). The third-order valence-electron chi connectivity index (χ3n) is 6.24. The van der Waals surface area contributed by atoms with Gasteiger partial charge in [-0.25, -0.2) is 4.68 Å². The minimum Gasteiger partial charge on any atom is -0.495 e. The Morgan fingerprint density at radius 2 is 1.32 bits per heavy atom. The number of rotatable bonds is 6. The second kappa shape index (κ2) is 8.73. The molecule has 0 aliphatic carbocycles. The molecule has 4 nitrogen and oxygen atoms in total. The van der Waals surface area contributed by atoms with Gasteiger partial charge < -0.3 is 4.74 Å². The lowest BCUT2D eigenvalue weighted by atomic mass is 9.77. The highest BCUT2D eigenvalue weighted by molar-refractivity contribution is 5.95. The van der Waals surface area contributed by atoms with Gasteiger partial charge in [0.1, 0.15) is 17.4 Å². The number of benzene rings is 4. The van der Waals surface area contributed by atoms with E-state index in [2.05, 4.69) is 49.0 Å². The molecule has 0 bridgehead atoms. The number of ether oxygens (including phenoxy) is 1. The SMILES string of the molecule is C=Cc1nn(C(c2ccccc2)(c2ccccc2)c2ccccc2)c2ccc(C#N)c(OC)c12. The Hall–Kier alpha value is -4.62. The molecule has 5 aromatic rings. The van der Waals surface area contributed by atoms with Crippen molar-refractivity contribution >= 4 is 17.0 Å². The average Bonchev–Trinajstić information content (AvgIpc) is 3.29. The number of aromatic nitrogens is 2. The van der Waals surface area contributed by atoms with Crippen molar-refractivity contribution in [2.24, 2.45) is 0 Å². The molecule has 164 valence electrons. The van der Waals surface area contributed by atoms with Crippen molar-refractivity contribution in [1.29, 1.82) is 5.26 Å². The topological polar surface area (TPSA) is 50.8 Å². The molecule has 0 fully saturated rings. The zero-order valence-corrected chi connectivity index (χ0v) is 18.8. The fraction of sp³-hybridized carbons (Fsp3) is 0.0667. The minimum atomic E-state index is -0.775. The van der Waals surface area contributed by atoms with E-state index in [0.717, 1.165) is 27.6 Å². The molecule has 1 aromatic heterocycles. The molecule has 34 heavy (non-hydrogen) atoms.